The Hall–Kier alpha value is -1.26. The van der Waals surface area contributed by atoms with Crippen molar-refractivity contribution in [3.05, 3.63) is 24.3 Å². The Morgan fingerprint density at radius 2 is 1.50 bits per heavy atom. The molecular weight excluding hydrogens is 208 g/mol. The topological polar surface area (TPSA) is 43.5 Å². The van der Waals surface area contributed by atoms with Crippen LogP contribution in [0.2, 0.25) is 0 Å². The molecule has 0 bridgehead atoms. The van der Waals surface area contributed by atoms with Crippen molar-refractivity contribution in [1.82, 2.24) is 0 Å². The van der Waals surface area contributed by atoms with Crippen LogP contribution in [-0.2, 0) is 9.47 Å². The quantitative estimate of drug-likeness (QED) is 0.679. The van der Waals surface area contributed by atoms with E-state index < -0.39 is 0 Å². The lowest BCUT2D eigenvalue weighted by Gasteiger charge is -2.07. The van der Waals surface area contributed by atoms with E-state index in [9.17, 15) is 0 Å². The van der Waals surface area contributed by atoms with Crippen molar-refractivity contribution >= 4 is 0 Å². The van der Waals surface area contributed by atoms with Crippen molar-refractivity contribution in [2.24, 2.45) is 0 Å². The Bertz CT molecular complexity index is 327. The standard InChI is InChI=1S/C12H14O4/c1-2-9(13-5-11-7-15-11)4-10(3-1)14-6-12-8-16-12/h1-4,11-12H,5-8H2/t11-,12?/m0/s1. The highest BCUT2D eigenvalue weighted by Crippen LogP contribution is 2.22. The summed E-state index contributed by atoms with van der Waals surface area (Å²) in [5, 5.41) is 0. The van der Waals surface area contributed by atoms with Crippen LogP contribution in [-0.4, -0.2) is 38.6 Å². The Balaban J connectivity index is 1.52. The molecule has 1 aromatic carbocycles. The molecule has 2 fully saturated rings. The molecule has 0 aromatic heterocycles. The molecule has 1 aromatic rings. The zero-order valence-corrected chi connectivity index (χ0v) is 8.93. The molecule has 4 heteroatoms. The van der Waals surface area contributed by atoms with Gasteiger partial charge in [-0.05, 0) is 12.1 Å². The molecule has 0 amide bonds. The second-order valence-electron chi connectivity index (χ2n) is 4.01. The molecule has 2 heterocycles. The molecular formula is C12H14O4. The summed E-state index contributed by atoms with van der Waals surface area (Å²) in [6, 6.07) is 7.66. The minimum absolute atomic E-state index is 0.282. The number of rotatable bonds is 6. The normalized spacial score (nSPS) is 26.2. The molecule has 0 N–H and O–H groups in total. The van der Waals surface area contributed by atoms with Gasteiger partial charge < -0.3 is 18.9 Å². The summed E-state index contributed by atoms with van der Waals surface area (Å²) in [6.45, 7) is 2.87. The monoisotopic (exact) mass is 222 g/mol. The summed E-state index contributed by atoms with van der Waals surface area (Å²) in [4.78, 5) is 0. The molecule has 2 aliphatic rings. The van der Waals surface area contributed by atoms with Crippen molar-refractivity contribution in [3.63, 3.8) is 0 Å². The molecule has 0 radical (unpaired) electrons. The second-order valence-corrected chi connectivity index (χ2v) is 4.01. The second kappa shape index (κ2) is 4.31. The maximum Gasteiger partial charge on any atom is 0.123 e. The highest BCUT2D eigenvalue weighted by atomic mass is 16.6. The van der Waals surface area contributed by atoms with Crippen molar-refractivity contribution < 1.29 is 18.9 Å². The summed E-state index contributed by atoms with van der Waals surface area (Å²) in [5.41, 5.74) is 0. The molecule has 1 unspecified atom stereocenters. The third kappa shape index (κ3) is 2.87. The van der Waals surface area contributed by atoms with Gasteiger partial charge in [-0.3, -0.25) is 0 Å². The SMILES string of the molecule is c1cc(OCC2CO2)cc(OC[C@H]2CO2)c1. The van der Waals surface area contributed by atoms with Crippen molar-refractivity contribution in [3.8, 4) is 11.5 Å². The average Bonchev–Trinajstić information content (AvgIpc) is 3.17. The predicted octanol–water partition coefficient (Wildman–Crippen LogP) is 1.24. The van der Waals surface area contributed by atoms with Crippen LogP contribution in [0.15, 0.2) is 24.3 Å². The lowest BCUT2D eigenvalue weighted by molar-refractivity contribution is 0.252. The number of hydrogen-bond acceptors (Lipinski definition) is 4. The highest BCUT2D eigenvalue weighted by Gasteiger charge is 2.24. The summed E-state index contributed by atoms with van der Waals surface area (Å²) in [7, 11) is 0. The largest absolute Gasteiger partial charge is 0.491 e. The van der Waals surface area contributed by atoms with E-state index in [0.29, 0.717) is 13.2 Å². The highest BCUT2D eigenvalue weighted by molar-refractivity contribution is 5.33. The van der Waals surface area contributed by atoms with Gasteiger partial charge in [-0.2, -0.15) is 0 Å². The third-order valence-electron chi connectivity index (χ3n) is 2.48. The van der Waals surface area contributed by atoms with E-state index in [4.69, 9.17) is 18.9 Å². The van der Waals surface area contributed by atoms with E-state index in [1.54, 1.807) is 0 Å². The van der Waals surface area contributed by atoms with E-state index in [1.165, 1.54) is 0 Å². The average molecular weight is 222 g/mol. The van der Waals surface area contributed by atoms with Crippen LogP contribution in [0.5, 0.6) is 11.5 Å². The fourth-order valence-electron chi connectivity index (χ4n) is 1.36. The zero-order valence-electron chi connectivity index (χ0n) is 8.93. The van der Waals surface area contributed by atoms with Crippen LogP contribution >= 0.6 is 0 Å². The van der Waals surface area contributed by atoms with Gasteiger partial charge in [-0.25, -0.2) is 0 Å². The first-order valence-electron chi connectivity index (χ1n) is 5.49. The summed E-state index contributed by atoms with van der Waals surface area (Å²) in [6.07, 6.45) is 0.564. The molecule has 0 saturated carbocycles. The van der Waals surface area contributed by atoms with Gasteiger partial charge >= 0.3 is 0 Å². The molecule has 2 saturated heterocycles. The summed E-state index contributed by atoms with van der Waals surface area (Å²) < 4.78 is 21.3. The summed E-state index contributed by atoms with van der Waals surface area (Å²) >= 11 is 0. The lowest BCUT2D eigenvalue weighted by Crippen LogP contribution is -2.06. The first-order chi connectivity index (χ1) is 7.90. The van der Waals surface area contributed by atoms with E-state index >= 15 is 0 Å². The van der Waals surface area contributed by atoms with Gasteiger partial charge in [0.15, 0.2) is 0 Å². The Morgan fingerprint density at radius 3 is 1.94 bits per heavy atom. The Morgan fingerprint density at radius 1 is 1.00 bits per heavy atom. The van der Waals surface area contributed by atoms with E-state index in [2.05, 4.69) is 0 Å². The fraction of sp³-hybridized carbons (Fsp3) is 0.500. The van der Waals surface area contributed by atoms with Crippen LogP contribution in [0, 0.1) is 0 Å². The summed E-state index contributed by atoms with van der Waals surface area (Å²) in [5.74, 6) is 1.65. The lowest BCUT2D eigenvalue weighted by atomic mass is 10.3. The van der Waals surface area contributed by atoms with Crippen molar-refractivity contribution in [2.45, 2.75) is 12.2 Å². The molecule has 2 aliphatic heterocycles. The molecule has 3 rings (SSSR count). The zero-order chi connectivity index (χ0) is 10.8. The number of benzene rings is 1. The molecule has 16 heavy (non-hydrogen) atoms. The van der Waals surface area contributed by atoms with Crippen LogP contribution < -0.4 is 9.47 Å². The number of hydrogen-bond donors (Lipinski definition) is 0. The maximum atomic E-state index is 5.56. The first kappa shape index (κ1) is 9.93. The number of epoxide rings is 2. The predicted molar refractivity (Wildman–Crippen MR) is 56.9 cm³/mol. The van der Waals surface area contributed by atoms with E-state index in [1.807, 2.05) is 24.3 Å². The van der Waals surface area contributed by atoms with Gasteiger partial charge in [0.1, 0.15) is 36.9 Å². The Labute approximate surface area is 94.1 Å². The molecule has 4 nitrogen and oxygen atoms in total. The molecule has 86 valence electrons. The molecule has 0 aliphatic carbocycles. The minimum atomic E-state index is 0.282. The van der Waals surface area contributed by atoms with Gasteiger partial charge in [0.05, 0.1) is 13.2 Å². The Kier molecular flexibility index (Phi) is 2.68. The third-order valence-corrected chi connectivity index (χ3v) is 2.48. The fourth-order valence-corrected chi connectivity index (χ4v) is 1.36. The van der Waals surface area contributed by atoms with Crippen molar-refractivity contribution in [1.29, 1.82) is 0 Å². The van der Waals surface area contributed by atoms with Crippen LogP contribution in [0.1, 0.15) is 0 Å². The first-order valence-corrected chi connectivity index (χ1v) is 5.49. The number of ether oxygens (including phenoxy) is 4. The van der Waals surface area contributed by atoms with E-state index in [0.717, 1.165) is 24.7 Å². The van der Waals surface area contributed by atoms with Crippen molar-refractivity contribution in [2.75, 3.05) is 26.4 Å². The maximum absolute atomic E-state index is 5.56. The van der Waals surface area contributed by atoms with Gasteiger partial charge in [0.2, 0.25) is 0 Å². The van der Waals surface area contributed by atoms with Gasteiger partial charge in [-0.1, -0.05) is 6.07 Å². The van der Waals surface area contributed by atoms with Gasteiger partial charge in [0, 0.05) is 6.07 Å². The van der Waals surface area contributed by atoms with Crippen LogP contribution in [0.25, 0.3) is 0 Å². The van der Waals surface area contributed by atoms with Gasteiger partial charge in [-0.15, -0.1) is 0 Å². The van der Waals surface area contributed by atoms with Gasteiger partial charge in [0.25, 0.3) is 0 Å². The van der Waals surface area contributed by atoms with E-state index in [-0.39, 0.29) is 12.2 Å². The van der Waals surface area contributed by atoms with Crippen LogP contribution in [0.3, 0.4) is 0 Å². The smallest absolute Gasteiger partial charge is 0.123 e. The minimum Gasteiger partial charge on any atom is -0.491 e. The molecule has 0 spiro atoms. The van der Waals surface area contributed by atoms with Crippen LogP contribution in [0.4, 0.5) is 0 Å². The molecule has 2 atom stereocenters.